The van der Waals surface area contributed by atoms with Crippen molar-refractivity contribution in [1.29, 1.82) is 0 Å². The molecule has 21 heavy (non-hydrogen) atoms. The molecule has 2 heterocycles. The highest BCUT2D eigenvalue weighted by Crippen LogP contribution is 2.33. The molecule has 1 amide bonds. The van der Waals surface area contributed by atoms with Crippen molar-refractivity contribution < 1.29 is 9.32 Å². The molecule has 0 bridgehead atoms. The molecule has 1 aromatic rings. The first-order valence-corrected chi connectivity index (χ1v) is 7.80. The lowest BCUT2D eigenvalue weighted by Crippen LogP contribution is -2.49. The number of hydrogen-bond donors (Lipinski definition) is 1. The topological polar surface area (TPSA) is 75.6 Å². The molecule has 2 aliphatic rings. The summed E-state index contributed by atoms with van der Waals surface area (Å²) < 4.78 is 5.24. The minimum atomic E-state index is 0.0627. The summed E-state index contributed by atoms with van der Waals surface area (Å²) in [4.78, 5) is 16.5. The predicted octanol–water partition coefficient (Wildman–Crippen LogP) is 0.755. The van der Waals surface area contributed by atoms with E-state index in [1.54, 1.807) is 0 Å². The van der Waals surface area contributed by atoms with Crippen LogP contribution in [0.4, 0.5) is 0 Å². The second-order valence-electron chi connectivity index (χ2n) is 6.30. The SMILES string of the molecule is Cc1cc(CN2CCN(C(=O)CC(N)C3CC3)CC2)on1. The van der Waals surface area contributed by atoms with Crippen molar-refractivity contribution in [3.05, 3.63) is 17.5 Å². The first kappa shape index (κ1) is 14.5. The molecule has 6 heteroatoms. The normalized spacial score (nSPS) is 21.5. The minimum Gasteiger partial charge on any atom is -0.360 e. The van der Waals surface area contributed by atoms with Gasteiger partial charge in [-0.3, -0.25) is 9.69 Å². The molecule has 1 unspecified atom stereocenters. The first-order valence-electron chi connectivity index (χ1n) is 7.80. The predicted molar refractivity (Wildman–Crippen MR) is 78.4 cm³/mol. The highest BCUT2D eigenvalue weighted by atomic mass is 16.5. The van der Waals surface area contributed by atoms with Gasteiger partial charge in [0.1, 0.15) is 0 Å². The molecule has 1 aromatic heterocycles. The van der Waals surface area contributed by atoms with Gasteiger partial charge in [-0.15, -0.1) is 0 Å². The van der Waals surface area contributed by atoms with E-state index in [9.17, 15) is 4.79 Å². The Kier molecular flexibility index (Phi) is 4.26. The summed E-state index contributed by atoms with van der Waals surface area (Å²) in [5, 5.41) is 3.90. The van der Waals surface area contributed by atoms with Crippen molar-refractivity contribution in [2.24, 2.45) is 11.7 Å². The number of aromatic nitrogens is 1. The van der Waals surface area contributed by atoms with Crippen LogP contribution in [0.5, 0.6) is 0 Å². The molecule has 2 fully saturated rings. The summed E-state index contributed by atoms with van der Waals surface area (Å²) in [6, 6.07) is 2.03. The van der Waals surface area contributed by atoms with Crippen LogP contribution in [0, 0.1) is 12.8 Å². The molecule has 0 radical (unpaired) electrons. The average molecular weight is 292 g/mol. The Morgan fingerprint density at radius 2 is 2.14 bits per heavy atom. The van der Waals surface area contributed by atoms with Crippen LogP contribution in [0.2, 0.25) is 0 Å². The molecule has 2 N–H and O–H groups in total. The van der Waals surface area contributed by atoms with Crippen molar-refractivity contribution >= 4 is 5.91 Å². The van der Waals surface area contributed by atoms with E-state index in [2.05, 4.69) is 10.1 Å². The van der Waals surface area contributed by atoms with Crippen LogP contribution in [-0.4, -0.2) is 53.1 Å². The number of amides is 1. The Bertz CT molecular complexity index is 490. The Balaban J connectivity index is 1.42. The zero-order valence-electron chi connectivity index (χ0n) is 12.6. The molecule has 116 valence electrons. The van der Waals surface area contributed by atoms with Gasteiger partial charge in [0.05, 0.1) is 12.2 Å². The third-order valence-corrected chi connectivity index (χ3v) is 4.42. The van der Waals surface area contributed by atoms with Gasteiger partial charge in [-0.2, -0.15) is 0 Å². The molecule has 0 aromatic carbocycles. The third-order valence-electron chi connectivity index (χ3n) is 4.42. The van der Waals surface area contributed by atoms with Crippen molar-refractivity contribution in [1.82, 2.24) is 15.0 Å². The zero-order chi connectivity index (χ0) is 14.8. The summed E-state index contributed by atoms with van der Waals surface area (Å²) >= 11 is 0. The molecule has 1 aliphatic carbocycles. The van der Waals surface area contributed by atoms with Gasteiger partial charge in [0.15, 0.2) is 5.76 Å². The summed E-state index contributed by atoms with van der Waals surface area (Å²) in [5.74, 6) is 1.69. The van der Waals surface area contributed by atoms with E-state index >= 15 is 0 Å². The van der Waals surface area contributed by atoms with Crippen LogP contribution in [0.1, 0.15) is 30.7 Å². The summed E-state index contributed by atoms with van der Waals surface area (Å²) in [6.07, 6.45) is 2.89. The van der Waals surface area contributed by atoms with Crippen LogP contribution in [0.15, 0.2) is 10.6 Å². The van der Waals surface area contributed by atoms with Crippen molar-refractivity contribution in [2.75, 3.05) is 26.2 Å². The Hall–Kier alpha value is -1.40. The van der Waals surface area contributed by atoms with Gasteiger partial charge in [-0.1, -0.05) is 5.16 Å². The Morgan fingerprint density at radius 1 is 1.43 bits per heavy atom. The summed E-state index contributed by atoms with van der Waals surface area (Å²) in [6.45, 7) is 6.01. The minimum absolute atomic E-state index is 0.0627. The number of aryl methyl sites for hydroxylation is 1. The molecular formula is C15H24N4O2. The van der Waals surface area contributed by atoms with E-state index in [4.69, 9.17) is 10.3 Å². The van der Waals surface area contributed by atoms with Gasteiger partial charge < -0.3 is 15.2 Å². The number of nitrogens with zero attached hydrogens (tertiary/aromatic N) is 3. The van der Waals surface area contributed by atoms with Gasteiger partial charge >= 0.3 is 0 Å². The monoisotopic (exact) mass is 292 g/mol. The van der Waals surface area contributed by atoms with Gasteiger partial charge in [0.25, 0.3) is 0 Å². The van der Waals surface area contributed by atoms with E-state index in [1.807, 2.05) is 17.9 Å². The summed E-state index contributed by atoms with van der Waals surface area (Å²) in [7, 11) is 0. The third kappa shape index (κ3) is 3.83. The number of carbonyl (C=O) groups excluding carboxylic acids is 1. The lowest BCUT2D eigenvalue weighted by atomic mass is 10.1. The van der Waals surface area contributed by atoms with Gasteiger partial charge in [-0.25, -0.2) is 0 Å². The van der Waals surface area contributed by atoms with E-state index in [1.165, 1.54) is 12.8 Å². The molecule has 0 spiro atoms. The highest BCUT2D eigenvalue weighted by Gasteiger charge is 2.31. The fourth-order valence-electron chi connectivity index (χ4n) is 2.89. The van der Waals surface area contributed by atoms with Gasteiger partial charge in [0, 0.05) is 44.7 Å². The number of piperazine rings is 1. The van der Waals surface area contributed by atoms with E-state index in [-0.39, 0.29) is 11.9 Å². The Labute approximate surface area is 125 Å². The van der Waals surface area contributed by atoms with Crippen LogP contribution in [-0.2, 0) is 11.3 Å². The number of hydrogen-bond acceptors (Lipinski definition) is 5. The average Bonchev–Trinajstić information content (AvgIpc) is 3.24. The standard InChI is InChI=1S/C15H24N4O2/c1-11-8-13(21-17-11)10-18-4-6-19(7-5-18)15(20)9-14(16)12-2-3-12/h8,12,14H,2-7,9-10,16H2,1H3. The number of nitrogens with two attached hydrogens (primary N) is 1. The van der Waals surface area contributed by atoms with Crippen LogP contribution >= 0.6 is 0 Å². The van der Waals surface area contributed by atoms with E-state index in [0.29, 0.717) is 12.3 Å². The van der Waals surface area contributed by atoms with Crippen molar-refractivity contribution in [3.8, 4) is 0 Å². The van der Waals surface area contributed by atoms with Crippen LogP contribution < -0.4 is 5.73 Å². The first-order chi connectivity index (χ1) is 10.1. The fraction of sp³-hybridized carbons (Fsp3) is 0.733. The molecular weight excluding hydrogens is 268 g/mol. The van der Waals surface area contributed by atoms with Crippen molar-refractivity contribution in [2.45, 2.75) is 38.8 Å². The smallest absolute Gasteiger partial charge is 0.224 e. The lowest BCUT2D eigenvalue weighted by Gasteiger charge is -2.34. The Morgan fingerprint density at radius 3 is 2.71 bits per heavy atom. The van der Waals surface area contributed by atoms with Crippen LogP contribution in [0.25, 0.3) is 0 Å². The molecule has 1 saturated carbocycles. The second kappa shape index (κ2) is 6.15. The number of carbonyl (C=O) groups is 1. The maximum absolute atomic E-state index is 12.2. The van der Waals surface area contributed by atoms with E-state index in [0.717, 1.165) is 44.2 Å². The lowest BCUT2D eigenvalue weighted by molar-refractivity contribution is -0.133. The quantitative estimate of drug-likeness (QED) is 0.867. The molecule has 1 saturated heterocycles. The van der Waals surface area contributed by atoms with Crippen LogP contribution in [0.3, 0.4) is 0 Å². The fourth-order valence-corrected chi connectivity index (χ4v) is 2.89. The van der Waals surface area contributed by atoms with Crippen molar-refractivity contribution in [3.63, 3.8) is 0 Å². The summed E-state index contributed by atoms with van der Waals surface area (Å²) in [5.41, 5.74) is 6.95. The highest BCUT2D eigenvalue weighted by molar-refractivity contribution is 5.77. The molecule has 1 atom stereocenters. The van der Waals surface area contributed by atoms with Gasteiger partial charge in [0.2, 0.25) is 5.91 Å². The molecule has 6 nitrogen and oxygen atoms in total. The maximum Gasteiger partial charge on any atom is 0.224 e. The van der Waals surface area contributed by atoms with E-state index < -0.39 is 0 Å². The number of rotatable bonds is 5. The molecule has 3 rings (SSSR count). The largest absolute Gasteiger partial charge is 0.360 e. The zero-order valence-corrected chi connectivity index (χ0v) is 12.6. The molecule has 1 aliphatic heterocycles. The van der Waals surface area contributed by atoms with Gasteiger partial charge in [-0.05, 0) is 25.7 Å². The maximum atomic E-state index is 12.2. The second-order valence-corrected chi connectivity index (χ2v) is 6.30.